The molecular weight excluding hydrogens is 288 g/mol. The molecule has 0 atom stereocenters. The van der Waals surface area contributed by atoms with E-state index in [9.17, 15) is 8.42 Å². The summed E-state index contributed by atoms with van der Waals surface area (Å²) < 4.78 is 32.6. The molecule has 0 heterocycles. The van der Waals surface area contributed by atoms with Crippen LogP contribution in [0.2, 0.25) is 0 Å². The van der Waals surface area contributed by atoms with Gasteiger partial charge in [0.15, 0.2) is 0 Å². The van der Waals surface area contributed by atoms with Gasteiger partial charge in [-0.1, -0.05) is 6.42 Å². The Bertz CT molecular complexity index is 563. The maximum absolute atomic E-state index is 12.1. The lowest BCUT2D eigenvalue weighted by atomic mass is 9.94. The van der Waals surface area contributed by atoms with Crippen molar-refractivity contribution >= 4 is 10.0 Å². The van der Waals surface area contributed by atoms with Gasteiger partial charge in [0.05, 0.1) is 4.90 Å². The van der Waals surface area contributed by atoms with E-state index >= 15 is 0 Å². The largest absolute Gasteiger partial charge is 0.492 e. The molecule has 2 saturated carbocycles. The average molecular weight is 310 g/mol. The Morgan fingerprint density at radius 3 is 2.33 bits per heavy atom. The van der Waals surface area contributed by atoms with E-state index in [-0.39, 0.29) is 6.04 Å². The Labute approximate surface area is 126 Å². The van der Waals surface area contributed by atoms with Crippen molar-refractivity contribution < 1.29 is 13.2 Å². The van der Waals surface area contributed by atoms with Crippen molar-refractivity contribution in [2.24, 2.45) is 0 Å². The molecule has 3 rings (SSSR count). The molecule has 2 aliphatic carbocycles. The van der Waals surface area contributed by atoms with Crippen molar-refractivity contribution in [3.05, 3.63) is 24.3 Å². The molecule has 5 nitrogen and oxygen atoms in total. The van der Waals surface area contributed by atoms with E-state index in [0.29, 0.717) is 23.3 Å². The SMILES string of the molecule is O=S(=O)(NC1CCC1)c1ccc(OCCNC2CC2)cc1. The average Bonchev–Trinajstić information content (AvgIpc) is 3.24. The van der Waals surface area contributed by atoms with Gasteiger partial charge < -0.3 is 10.1 Å². The number of hydrogen-bond acceptors (Lipinski definition) is 4. The third-order valence-electron chi connectivity index (χ3n) is 3.94. The first-order chi connectivity index (χ1) is 10.1. The van der Waals surface area contributed by atoms with Crippen LogP contribution in [0.3, 0.4) is 0 Å². The molecule has 116 valence electrons. The highest BCUT2D eigenvalue weighted by Gasteiger charge is 2.24. The van der Waals surface area contributed by atoms with E-state index in [4.69, 9.17) is 4.74 Å². The molecule has 0 unspecified atom stereocenters. The van der Waals surface area contributed by atoms with Crippen molar-refractivity contribution in [3.8, 4) is 5.75 Å². The van der Waals surface area contributed by atoms with Crippen LogP contribution in [0.5, 0.6) is 5.75 Å². The second-order valence-electron chi connectivity index (χ2n) is 5.80. The van der Waals surface area contributed by atoms with Gasteiger partial charge in [-0.15, -0.1) is 0 Å². The zero-order valence-electron chi connectivity index (χ0n) is 12.0. The maximum Gasteiger partial charge on any atom is 0.240 e. The first-order valence-electron chi connectivity index (χ1n) is 7.62. The van der Waals surface area contributed by atoms with Crippen molar-refractivity contribution in [3.63, 3.8) is 0 Å². The van der Waals surface area contributed by atoms with Gasteiger partial charge in [0.1, 0.15) is 12.4 Å². The molecule has 1 aromatic carbocycles. The van der Waals surface area contributed by atoms with Crippen LogP contribution in [0.25, 0.3) is 0 Å². The van der Waals surface area contributed by atoms with Gasteiger partial charge in [-0.05, 0) is 49.9 Å². The highest BCUT2D eigenvalue weighted by Crippen LogP contribution is 2.22. The molecule has 2 aliphatic rings. The maximum atomic E-state index is 12.1. The molecule has 0 aliphatic heterocycles. The molecule has 0 radical (unpaired) electrons. The van der Waals surface area contributed by atoms with Crippen LogP contribution in [0.15, 0.2) is 29.2 Å². The number of ether oxygens (including phenoxy) is 1. The topological polar surface area (TPSA) is 67.4 Å². The third-order valence-corrected chi connectivity index (χ3v) is 5.48. The number of nitrogens with one attached hydrogen (secondary N) is 2. The molecule has 6 heteroatoms. The Hall–Kier alpha value is -1.11. The summed E-state index contributed by atoms with van der Waals surface area (Å²) in [5.74, 6) is 0.704. The zero-order valence-corrected chi connectivity index (χ0v) is 12.9. The van der Waals surface area contributed by atoms with Gasteiger partial charge in [0, 0.05) is 18.6 Å². The second-order valence-corrected chi connectivity index (χ2v) is 7.51. The highest BCUT2D eigenvalue weighted by molar-refractivity contribution is 7.89. The van der Waals surface area contributed by atoms with E-state index in [0.717, 1.165) is 25.8 Å². The summed E-state index contributed by atoms with van der Waals surface area (Å²) in [6.45, 7) is 1.43. The van der Waals surface area contributed by atoms with Crippen LogP contribution in [-0.4, -0.2) is 33.7 Å². The van der Waals surface area contributed by atoms with Crippen molar-refractivity contribution in [2.45, 2.75) is 49.1 Å². The van der Waals surface area contributed by atoms with Crippen LogP contribution < -0.4 is 14.8 Å². The quantitative estimate of drug-likeness (QED) is 0.717. The molecule has 0 bridgehead atoms. The minimum atomic E-state index is -3.38. The van der Waals surface area contributed by atoms with Crippen molar-refractivity contribution in [1.29, 1.82) is 0 Å². The van der Waals surface area contributed by atoms with E-state index in [1.54, 1.807) is 24.3 Å². The lowest BCUT2D eigenvalue weighted by molar-refractivity contribution is 0.313. The van der Waals surface area contributed by atoms with Crippen LogP contribution in [0.4, 0.5) is 0 Å². The first kappa shape index (κ1) is 14.8. The number of rotatable bonds is 8. The molecule has 2 N–H and O–H groups in total. The van der Waals surface area contributed by atoms with Gasteiger partial charge in [0.2, 0.25) is 10.0 Å². The Balaban J connectivity index is 1.50. The molecule has 0 spiro atoms. The molecule has 0 aromatic heterocycles. The van der Waals surface area contributed by atoms with Gasteiger partial charge in [0.25, 0.3) is 0 Å². The molecule has 21 heavy (non-hydrogen) atoms. The monoisotopic (exact) mass is 310 g/mol. The van der Waals surface area contributed by atoms with Gasteiger partial charge in [-0.3, -0.25) is 0 Å². The molecule has 0 amide bonds. The fourth-order valence-corrected chi connectivity index (χ4v) is 3.55. The van der Waals surface area contributed by atoms with E-state index < -0.39 is 10.0 Å². The van der Waals surface area contributed by atoms with Crippen molar-refractivity contribution in [1.82, 2.24) is 10.0 Å². The fraction of sp³-hybridized carbons (Fsp3) is 0.600. The Morgan fingerprint density at radius 1 is 1.05 bits per heavy atom. The standard InChI is InChI=1S/C15H22N2O3S/c18-21(19,17-13-2-1-3-13)15-8-6-14(7-9-15)20-11-10-16-12-4-5-12/h6-9,12-13,16-17H,1-5,10-11H2. The van der Waals surface area contributed by atoms with Crippen molar-refractivity contribution in [2.75, 3.05) is 13.2 Å². The summed E-state index contributed by atoms with van der Waals surface area (Å²) in [5, 5.41) is 3.37. The van der Waals surface area contributed by atoms with Crippen LogP contribution in [-0.2, 0) is 10.0 Å². The minimum absolute atomic E-state index is 0.111. The Morgan fingerprint density at radius 2 is 1.76 bits per heavy atom. The number of sulfonamides is 1. The van der Waals surface area contributed by atoms with E-state index in [1.807, 2.05) is 0 Å². The van der Waals surface area contributed by atoms with Crippen LogP contribution in [0, 0.1) is 0 Å². The number of hydrogen-bond donors (Lipinski definition) is 2. The third kappa shape index (κ3) is 4.18. The molecular formula is C15H22N2O3S. The second kappa shape index (κ2) is 6.34. The summed E-state index contributed by atoms with van der Waals surface area (Å²) in [5.41, 5.74) is 0. The fourth-order valence-electron chi connectivity index (χ4n) is 2.25. The van der Waals surface area contributed by atoms with E-state index in [1.165, 1.54) is 12.8 Å². The number of benzene rings is 1. The lowest BCUT2D eigenvalue weighted by Gasteiger charge is -2.26. The normalized spacial score (nSPS) is 19.2. The summed E-state index contributed by atoms with van der Waals surface area (Å²) in [6, 6.07) is 7.42. The van der Waals surface area contributed by atoms with Crippen LogP contribution in [0.1, 0.15) is 32.1 Å². The van der Waals surface area contributed by atoms with Gasteiger partial charge in [-0.25, -0.2) is 13.1 Å². The van der Waals surface area contributed by atoms with Gasteiger partial charge in [-0.2, -0.15) is 0 Å². The summed E-state index contributed by atoms with van der Waals surface area (Å²) in [7, 11) is -3.38. The van der Waals surface area contributed by atoms with Gasteiger partial charge >= 0.3 is 0 Å². The van der Waals surface area contributed by atoms with E-state index in [2.05, 4.69) is 10.0 Å². The van der Waals surface area contributed by atoms with Crippen LogP contribution >= 0.6 is 0 Å². The predicted molar refractivity (Wildman–Crippen MR) is 80.9 cm³/mol. The lowest BCUT2D eigenvalue weighted by Crippen LogP contribution is -2.39. The highest BCUT2D eigenvalue weighted by atomic mass is 32.2. The zero-order chi connectivity index (χ0) is 14.7. The Kier molecular flexibility index (Phi) is 4.47. The summed E-state index contributed by atoms with van der Waals surface area (Å²) in [4.78, 5) is 0.304. The minimum Gasteiger partial charge on any atom is -0.492 e. The molecule has 0 saturated heterocycles. The summed E-state index contributed by atoms with van der Waals surface area (Å²) in [6.07, 6.45) is 5.51. The predicted octanol–water partition coefficient (Wildman–Crippen LogP) is 1.65. The smallest absolute Gasteiger partial charge is 0.240 e. The molecule has 1 aromatic rings. The molecule has 2 fully saturated rings. The summed E-state index contributed by atoms with van der Waals surface area (Å²) >= 11 is 0. The first-order valence-corrected chi connectivity index (χ1v) is 9.10.